The quantitative estimate of drug-likeness (QED) is 0.704. The van der Waals surface area contributed by atoms with Gasteiger partial charge in [0.25, 0.3) is 0 Å². The van der Waals surface area contributed by atoms with Gasteiger partial charge in [-0.05, 0) is 50.2 Å². The molecule has 4 rings (SSSR count). The van der Waals surface area contributed by atoms with Crippen molar-refractivity contribution in [3.8, 4) is 0 Å². The number of piperazine rings is 1. The molecule has 1 saturated carbocycles. The van der Waals surface area contributed by atoms with Gasteiger partial charge in [-0.15, -0.1) is 0 Å². The summed E-state index contributed by atoms with van der Waals surface area (Å²) >= 11 is 13.1. The number of nitrogens with zero attached hydrogens (tertiary/aromatic N) is 3. The van der Waals surface area contributed by atoms with Crippen molar-refractivity contribution < 1.29 is 9.90 Å². The number of carboxylic acids is 1. The van der Waals surface area contributed by atoms with Gasteiger partial charge >= 0.3 is 5.97 Å². The maximum absolute atomic E-state index is 11.2. The number of benzene rings is 1. The van der Waals surface area contributed by atoms with Crippen LogP contribution in [0.4, 0.5) is 0 Å². The minimum atomic E-state index is -0.934. The van der Waals surface area contributed by atoms with Gasteiger partial charge in [-0.3, -0.25) is 9.58 Å². The van der Waals surface area contributed by atoms with Crippen molar-refractivity contribution in [1.82, 2.24) is 20.0 Å². The monoisotopic (exact) mass is 450 g/mol. The van der Waals surface area contributed by atoms with Crippen LogP contribution >= 0.6 is 23.2 Å². The Labute approximate surface area is 187 Å². The summed E-state index contributed by atoms with van der Waals surface area (Å²) in [5, 5.41) is 18.2. The van der Waals surface area contributed by atoms with E-state index in [4.69, 9.17) is 23.2 Å². The van der Waals surface area contributed by atoms with Crippen LogP contribution in [0.2, 0.25) is 10.0 Å². The number of aromatic carboxylic acids is 1. The molecule has 2 heterocycles. The summed E-state index contributed by atoms with van der Waals surface area (Å²) < 4.78 is 1.83. The topological polar surface area (TPSA) is 70.4 Å². The average molecular weight is 451 g/mol. The fourth-order valence-corrected chi connectivity index (χ4v) is 5.71. The molecule has 0 radical (unpaired) electrons. The summed E-state index contributed by atoms with van der Waals surface area (Å²) in [6.45, 7) is 6.20. The van der Waals surface area contributed by atoms with E-state index < -0.39 is 5.97 Å². The van der Waals surface area contributed by atoms with Gasteiger partial charge in [-0.2, -0.15) is 5.10 Å². The predicted molar refractivity (Wildman–Crippen MR) is 118 cm³/mol. The summed E-state index contributed by atoms with van der Waals surface area (Å²) in [6, 6.07) is 6.19. The lowest BCUT2D eigenvalue weighted by Gasteiger charge is -2.51. The highest BCUT2D eigenvalue weighted by atomic mass is 35.5. The van der Waals surface area contributed by atoms with Crippen molar-refractivity contribution >= 4 is 29.2 Å². The largest absolute Gasteiger partial charge is 0.478 e. The standard InChI is InChI=1S/C22H28Cl2N4O2/c1-22(27-11-9-25-10-12-27,18-3-2-4-19(23)20(18)24)16-5-7-17(8-6-16)28-14-15(13-26-28)21(29)30/h2-4,13-14,16-17,25H,5-12H2,1H3,(H,29,30). The predicted octanol–water partition coefficient (Wildman–Crippen LogP) is 4.44. The van der Waals surface area contributed by atoms with E-state index in [1.807, 2.05) is 16.8 Å². The van der Waals surface area contributed by atoms with Crippen LogP contribution in [0.5, 0.6) is 0 Å². The Morgan fingerprint density at radius 3 is 2.53 bits per heavy atom. The van der Waals surface area contributed by atoms with Crippen molar-refractivity contribution in [3.05, 3.63) is 51.8 Å². The molecule has 1 aliphatic heterocycles. The number of hydrogen-bond acceptors (Lipinski definition) is 4. The normalized spacial score (nSPS) is 25.0. The number of aromatic nitrogens is 2. The second kappa shape index (κ2) is 8.87. The zero-order valence-electron chi connectivity index (χ0n) is 17.2. The van der Waals surface area contributed by atoms with E-state index in [0.717, 1.165) is 57.4 Å². The van der Waals surface area contributed by atoms with Gasteiger partial charge in [0.2, 0.25) is 0 Å². The van der Waals surface area contributed by atoms with E-state index in [1.54, 1.807) is 6.20 Å². The first-order valence-corrected chi connectivity index (χ1v) is 11.3. The molecular formula is C22H28Cl2N4O2. The van der Waals surface area contributed by atoms with Crippen molar-refractivity contribution in [1.29, 1.82) is 0 Å². The lowest BCUT2D eigenvalue weighted by atomic mass is 9.69. The highest BCUT2D eigenvalue weighted by Gasteiger charge is 2.44. The molecule has 2 N–H and O–H groups in total. The molecule has 6 nitrogen and oxygen atoms in total. The highest BCUT2D eigenvalue weighted by Crippen LogP contribution is 2.48. The number of hydrogen-bond donors (Lipinski definition) is 2. The number of halogens is 2. The Morgan fingerprint density at radius 2 is 1.90 bits per heavy atom. The number of rotatable bonds is 5. The minimum absolute atomic E-state index is 0.203. The number of nitrogens with one attached hydrogen (secondary N) is 1. The maximum Gasteiger partial charge on any atom is 0.338 e. The minimum Gasteiger partial charge on any atom is -0.478 e. The first-order valence-electron chi connectivity index (χ1n) is 10.6. The van der Waals surface area contributed by atoms with Crippen LogP contribution in [0.15, 0.2) is 30.6 Å². The smallest absolute Gasteiger partial charge is 0.338 e. The summed E-state index contributed by atoms with van der Waals surface area (Å²) in [5.41, 5.74) is 1.15. The van der Waals surface area contributed by atoms with Crippen LogP contribution in [-0.2, 0) is 5.54 Å². The lowest BCUT2D eigenvalue weighted by molar-refractivity contribution is 0.00964. The molecule has 8 heteroatoms. The molecule has 30 heavy (non-hydrogen) atoms. The Morgan fingerprint density at radius 1 is 1.20 bits per heavy atom. The molecule has 1 saturated heterocycles. The fourth-order valence-electron chi connectivity index (χ4n) is 5.22. The lowest BCUT2D eigenvalue weighted by Crippen LogP contribution is -2.56. The van der Waals surface area contributed by atoms with E-state index in [9.17, 15) is 9.90 Å². The van der Waals surface area contributed by atoms with Gasteiger partial charge in [0.15, 0.2) is 0 Å². The summed E-state index contributed by atoms with van der Waals surface area (Å²) in [5.74, 6) is -0.505. The van der Waals surface area contributed by atoms with Crippen LogP contribution in [0.1, 0.15) is 54.6 Å². The average Bonchev–Trinajstić information content (AvgIpc) is 3.27. The molecule has 2 aromatic rings. The van der Waals surface area contributed by atoms with Crippen LogP contribution < -0.4 is 5.32 Å². The van der Waals surface area contributed by atoms with E-state index in [2.05, 4.69) is 28.3 Å². The van der Waals surface area contributed by atoms with E-state index >= 15 is 0 Å². The van der Waals surface area contributed by atoms with E-state index in [1.165, 1.54) is 6.20 Å². The molecule has 1 atom stereocenters. The molecule has 0 amide bonds. The molecule has 0 spiro atoms. The van der Waals surface area contributed by atoms with Crippen LogP contribution in [0, 0.1) is 5.92 Å². The Kier molecular flexibility index (Phi) is 6.39. The third-order valence-corrected chi connectivity index (χ3v) is 7.80. The second-order valence-corrected chi connectivity index (χ2v) is 9.29. The van der Waals surface area contributed by atoms with E-state index in [-0.39, 0.29) is 17.1 Å². The zero-order valence-corrected chi connectivity index (χ0v) is 18.7. The van der Waals surface area contributed by atoms with Gasteiger partial charge in [0, 0.05) is 37.9 Å². The zero-order chi connectivity index (χ0) is 21.3. The third-order valence-electron chi connectivity index (χ3n) is 6.99. The molecule has 1 aliphatic carbocycles. The Bertz CT molecular complexity index is 904. The maximum atomic E-state index is 11.2. The van der Waals surface area contributed by atoms with Crippen LogP contribution in [-0.4, -0.2) is 51.9 Å². The van der Waals surface area contributed by atoms with E-state index in [0.29, 0.717) is 16.0 Å². The molecule has 2 aliphatic rings. The highest BCUT2D eigenvalue weighted by molar-refractivity contribution is 6.42. The molecule has 0 bridgehead atoms. The fraction of sp³-hybridized carbons (Fsp3) is 0.545. The van der Waals surface area contributed by atoms with Gasteiger partial charge in [-0.1, -0.05) is 35.3 Å². The first kappa shape index (κ1) is 21.6. The molecular weight excluding hydrogens is 423 g/mol. The van der Waals surface area contributed by atoms with Crippen molar-refractivity contribution in [2.75, 3.05) is 26.2 Å². The summed E-state index contributed by atoms with van der Waals surface area (Å²) in [6.07, 6.45) is 7.06. The second-order valence-electron chi connectivity index (χ2n) is 8.51. The molecule has 1 unspecified atom stereocenters. The van der Waals surface area contributed by atoms with Crippen molar-refractivity contribution in [2.45, 2.75) is 44.2 Å². The SMILES string of the molecule is CC(c1cccc(Cl)c1Cl)(C1CCC(n2cc(C(=O)O)cn2)CC1)N1CCNCC1. The van der Waals surface area contributed by atoms with Crippen LogP contribution in [0.3, 0.4) is 0 Å². The Hall–Kier alpha value is -1.60. The van der Waals surface area contributed by atoms with Crippen LogP contribution in [0.25, 0.3) is 0 Å². The van der Waals surface area contributed by atoms with Gasteiger partial charge in [0.1, 0.15) is 0 Å². The van der Waals surface area contributed by atoms with Gasteiger partial charge in [0.05, 0.1) is 27.8 Å². The Balaban J connectivity index is 1.59. The summed E-state index contributed by atoms with van der Waals surface area (Å²) in [4.78, 5) is 13.7. The molecule has 1 aromatic heterocycles. The molecule has 2 fully saturated rings. The van der Waals surface area contributed by atoms with Crippen molar-refractivity contribution in [2.24, 2.45) is 5.92 Å². The first-order chi connectivity index (χ1) is 14.4. The molecule has 1 aromatic carbocycles. The number of carbonyl (C=O) groups is 1. The number of carboxylic acid groups (broad SMARTS) is 1. The molecule has 162 valence electrons. The third kappa shape index (κ3) is 3.98. The van der Waals surface area contributed by atoms with Gasteiger partial charge in [-0.25, -0.2) is 4.79 Å². The van der Waals surface area contributed by atoms with Crippen molar-refractivity contribution in [3.63, 3.8) is 0 Å². The van der Waals surface area contributed by atoms with Gasteiger partial charge < -0.3 is 10.4 Å². The summed E-state index contributed by atoms with van der Waals surface area (Å²) in [7, 11) is 0.